The van der Waals surface area contributed by atoms with Crippen molar-refractivity contribution in [3.05, 3.63) is 69.8 Å². The number of hydrogen-bond acceptors (Lipinski definition) is 0. The Morgan fingerprint density at radius 1 is 0.684 bits per heavy atom. The molecule has 100 valence electrons. The summed E-state index contributed by atoms with van der Waals surface area (Å²) >= 11 is 0. The van der Waals surface area contributed by atoms with Gasteiger partial charge in [-0.05, 0) is 55.5 Å². The summed E-state index contributed by atoms with van der Waals surface area (Å²) in [5, 5.41) is 0. The van der Waals surface area contributed by atoms with E-state index in [1.807, 2.05) is 0 Å². The topological polar surface area (TPSA) is 0 Å². The third-order valence-corrected chi connectivity index (χ3v) is 4.50. The summed E-state index contributed by atoms with van der Waals surface area (Å²) in [4.78, 5) is 0. The van der Waals surface area contributed by atoms with E-state index in [1.165, 1.54) is 33.4 Å². The van der Waals surface area contributed by atoms with Crippen molar-refractivity contribution in [2.45, 2.75) is 47.0 Å². The second-order valence-corrected chi connectivity index (χ2v) is 6.17. The van der Waals surface area contributed by atoms with Gasteiger partial charge < -0.3 is 0 Å². The van der Waals surface area contributed by atoms with E-state index in [0.717, 1.165) is 0 Å². The van der Waals surface area contributed by atoms with Crippen LogP contribution in [0.4, 0.5) is 0 Å². The molecule has 0 saturated carbocycles. The van der Waals surface area contributed by atoms with Gasteiger partial charge in [-0.2, -0.15) is 0 Å². The molecule has 0 radical (unpaired) electrons. The first-order chi connectivity index (χ1) is 8.84. The standard InChI is InChI=1S/C19H24/c1-13-7-10-17(11-8-13)19(5,6)18-12-9-14(2)15(3)16(18)4/h7-12H,1-6H3. The van der Waals surface area contributed by atoms with Crippen molar-refractivity contribution in [2.24, 2.45) is 0 Å². The molecule has 0 aromatic heterocycles. The lowest BCUT2D eigenvalue weighted by Crippen LogP contribution is -2.21. The van der Waals surface area contributed by atoms with E-state index >= 15 is 0 Å². The predicted octanol–water partition coefficient (Wildman–Crippen LogP) is 5.25. The summed E-state index contributed by atoms with van der Waals surface area (Å²) in [5.74, 6) is 0. The zero-order chi connectivity index (χ0) is 14.2. The fourth-order valence-electron chi connectivity index (χ4n) is 2.76. The molecule has 0 bridgehead atoms. The highest BCUT2D eigenvalue weighted by Crippen LogP contribution is 2.35. The molecule has 2 aromatic rings. The Kier molecular flexibility index (Phi) is 3.54. The molecule has 0 N–H and O–H groups in total. The van der Waals surface area contributed by atoms with Gasteiger partial charge >= 0.3 is 0 Å². The van der Waals surface area contributed by atoms with Crippen molar-refractivity contribution in [1.29, 1.82) is 0 Å². The average molecular weight is 252 g/mol. The van der Waals surface area contributed by atoms with E-state index in [4.69, 9.17) is 0 Å². The third-order valence-electron chi connectivity index (χ3n) is 4.50. The molecule has 2 rings (SSSR count). The lowest BCUT2D eigenvalue weighted by atomic mass is 9.75. The van der Waals surface area contributed by atoms with E-state index in [1.54, 1.807) is 0 Å². The summed E-state index contributed by atoms with van der Waals surface area (Å²) in [6.45, 7) is 13.4. The van der Waals surface area contributed by atoms with Gasteiger partial charge in [-0.1, -0.05) is 55.8 Å². The van der Waals surface area contributed by atoms with Crippen molar-refractivity contribution in [1.82, 2.24) is 0 Å². The third kappa shape index (κ3) is 2.45. The van der Waals surface area contributed by atoms with Gasteiger partial charge in [0.15, 0.2) is 0 Å². The Bertz CT molecular complexity index is 586. The summed E-state index contributed by atoms with van der Waals surface area (Å²) in [5.41, 5.74) is 8.39. The summed E-state index contributed by atoms with van der Waals surface area (Å²) in [6, 6.07) is 13.4. The van der Waals surface area contributed by atoms with Crippen LogP contribution in [0.2, 0.25) is 0 Å². The van der Waals surface area contributed by atoms with Crippen molar-refractivity contribution < 1.29 is 0 Å². The summed E-state index contributed by atoms with van der Waals surface area (Å²) in [7, 11) is 0. The minimum Gasteiger partial charge on any atom is -0.0590 e. The van der Waals surface area contributed by atoms with Crippen LogP contribution in [0.25, 0.3) is 0 Å². The van der Waals surface area contributed by atoms with E-state index < -0.39 is 0 Å². The zero-order valence-corrected chi connectivity index (χ0v) is 13.0. The number of aryl methyl sites for hydroxylation is 2. The Labute approximate surface area is 117 Å². The highest BCUT2D eigenvalue weighted by atomic mass is 14.3. The zero-order valence-electron chi connectivity index (χ0n) is 13.0. The molecule has 0 saturated heterocycles. The molecule has 2 aromatic carbocycles. The highest BCUT2D eigenvalue weighted by Gasteiger charge is 2.25. The van der Waals surface area contributed by atoms with E-state index in [2.05, 4.69) is 77.9 Å². The predicted molar refractivity (Wildman–Crippen MR) is 84.0 cm³/mol. The maximum absolute atomic E-state index is 2.31. The molecule has 0 aliphatic rings. The van der Waals surface area contributed by atoms with Crippen LogP contribution in [0, 0.1) is 27.7 Å². The fraction of sp³-hybridized carbons (Fsp3) is 0.368. The first-order valence-electron chi connectivity index (χ1n) is 6.98. The van der Waals surface area contributed by atoms with Crippen LogP contribution in [0.1, 0.15) is 47.2 Å². The minimum absolute atomic E-state index is 0.0518. The molecule has 0 nitrogen and oxygen atoms in total. The molecule has 0 atom stereocenters. The van der Waals surface area contributed by atoms with Gasteiger partial charge in [0.1, 0.15) is 0 Å². The second kappa shape index (κ2) is 4.85. The molecule has 0 spiro atoms. The molecule has 19 heavy (non-hydrogen) atoms. The maximum Gasteiger partial charge on any atom is 0.0149 e. The van der Waals surface area contributed by atoms with Crippen LogP contribution in [-0.4, -0.2) is 0 Å². The molecule has 0 amide bonds. The van der Waals surface area contributed by atoms with Gasteiger partial charge in [0.05, 0.1) is 0 Å². The first-order valence-corrected chi connectivity index (χ1v) is 6.98. The van der Waals surface area contributed by atoms with Crippen molar-refractivity contribution in [3.8, 4) is 0 Å². The number of benzene rings is 2. The monoisotopic (exact) mass is 252 g/mol. The molecule has 0 fully saturated rings. The van der Waals surface area contributed by atoms with Gasteiger partial charge in [-0.3, -0.25) is 0 Å². The normalized spacial score (nSPS) is 11.7. The fourth-order valence-corrected chi connectivity index (χ4v) is 2.76. The minimum atomic E-state index is 0.0518. The molecule has 0 heteroatoms. The van der Waals surface area contributed by atoms with Gasteiger partial charge in [-0.25, -0.2) is 0 Å². The molecule has 0 unspecified atom stereocenters. The number of rotatable bonds is 2. The maximum atomic E-state index is 2.31. The quantitative estimate of drug-likeness (QED) is 0.685. The lowest BCUT2D eigenvalue weighted by molar-refractivity contribution is 0.634. The van der Waals surface area contributed by atoms with Gasteiger partial charge in [-0.15, -0.1) is 0 Å². The Hall–Kier alpha value is -1.56. The van der Waals surface area contributed by atoms with Crippen molar-refractivity contribution in [3.63, 3.8) is 0 Å². The average Bonchev–Trinajstić information content (AvgIpc) is 2.36. The second-order valence-electron chi connectivity index (χ2n) is 6.17. The van der Waals surface area contributed by atoms with Crippen LogP contribution in [0.3, 0.4) is 0 Å². The SMILES string of the molecule is Cc1ccc(C(C)(C)c2ccc(C)c(C)c2C)cc1. The van der Waals surface area contributed by atoms with Crippen LogP contribution in [0.15, 0.2) is 36.4 Å². The van der Waals surface area contributed by atoms with Crippen LogP contribution in [-0.2, 0) is 5.41 Å². The highest BCUT2D eigenvalue weighted by molar-refractivity contribution is 5.47. The Morgan fingerprint density at radius 2 is 1.26 bits per heavy atom. The van der Waals surface area contributed by atoms with E-state index in [0.29, 0.717) is 0 Å². The van der Waals surface area contributed by atoms with E-state index in [9.17, 15) is 0 Å². The van der Waals surface area contributed by atoms with Gasteiger partial charge in [0.25, 0.3) is 0 Å². The summed E-state index contributed by atoms with van der Waals surface area (Å²) < 4.78 is 0. The summed E-state index contributed by atoms with van der Waals surface area (Å²) in [6.07, 6.45) is 0. The van der Waals surface area contributed by atoms with Crippen LogP contribution < -0.4 is 0 Å². The molecule has 0 heterocycles. The molecule has 0 aliphatic carbocycles. The van der Waals surface area contributed by atoms with Gasteiger partial charge in [0, 0.05) is 5.41 Å². The number of hydrogen-bond donors (Lipinski definition) is 0. The van der Waals surface area contributed by atoms with E-state index in [-0.39, 0.29) is 5.41 Å². The molecular weight excluding hydrogens is 228 g/mol. The lowest BCUT2D eigenvalue weighted by Gasteiger charge is -2.29. The Morgan fingerprint density at radius 3 is 1.84 bits per heavy atom. The van der Waals surface area contributed by atoms with Crippen molar-refractivity contribution >= 4 is 0 Å². The van der Waals surface area contributed by atoms with Crippen LogP contribution >= 0.6 is 0 Å². The largest absolute Gasteiger partial charge is 0.0590 e. The molecular formula is C19H24. The Balaban J connectivity index is 2.56. The van der Waals surface area contributed by atoms with Crippen LogP contribution in [0.5, 0.6) is 0 Å². The first kappa shape index (κ1) is 13.9. The smallest absolute Gasteiger partial charge is 0.0149 e. The van der Waals surface area contributed by atoms with Gasteiger partial charge in [0.2, 0.25) is 0 Å². The molecule has 0 aliphatic heterocycles. The van der Waals surface area contributed by atoms with Crippen molar-refractivity contribution in [2.75, 3.05) is 0 Å².